The van der Waals surface area contributed by atoms with Crippen LogP contribution in [-0.4, -0.2) is 40.6 Å². The summed E-state index contributed by atoms with van der Waals surface area (Å²) < 4.78 is 5.72. The van der Waals surface area contributed by atoms with Crippen LogP contribution >= 0.6 is 0 Å². The maximum atomic E-state index is 12.7. The number of carbonyl (C=O) groups excluding carboxylic acids is 2. The van der Waals surface area contributed by atoms with Gasteiger partial charge in [-0.15, -0.1) is 0 Å². The van der Waals surface area contributed by atoms with Crippen LogP contribution in [0.3, 0.4) is 0 Å². The highest BCUT2D eigenvalue weighted by Crippen LogP contribution is 2.50. The maximum absolute atomic E-state index is 12.7. The first kappa shape index (κ1) is 15.2. The van der Waals surface area contributed by atoms with Crippen molar-refractivity contribution in [3.05, 3.63) is 35.9 Å². The van der Waals surface area contributed by atoms with Crippen molar-refractivity contribution in [2.24, 2.45) is 11.8 Å². The number of hydrogen-bond acceptors (Lipinski definition) is 4. The molecule has 3 fully saturated rings. The van der Waals surface area contributed by atoms with Crippen LogP contribution in [0, 0.1) is 11.8 Å². The largest absolute Gasteiger partial charge is 0.394 e. The van der Waals surface area contributed by atoms with Crippen LogP contribution in [0.15, 0.2) is 30.3 Å². The third-order valence-corrected chi connectivity index (χ3v) is 4.99. The fourth-order valence-corrected chi connectivity index (χ4v) is 4.05. The quantitative estimate of drug-likeness (QED) is 0.860. The van der Waals surface area contributed by atoms with Crippen LogP contribution in [0.25, 0.3) is 0 Å². The minimum absolute atomic E-state index is 0. The van der Waals surface area contributed by atoms with Gasteiger partial charge in [0.25, 0.3) is 0 Å². The van der Waals surface area contributed by atoms with Gasteiger partial charge in [0.1, 0.15) is 0 Å². The fraction of sp³-hybridized carbons (Fsp3) is 0.529. The van der Waals surface area contributed by atoms with Crippen molar-refractivity contribution in [3.63, 3.8) is 0 Å². The molecule has 3 aliphatic rings. The average molecular weight is 303 g/mol. The van der Waals surface area contributed by atoms with E-state index in [-0.39, 0.29) is 49.9 Å². The Bertz CT molecular complexity index is 560. The van der Waals surface area contributed by atoms with Crippen molar-refractivity contribution in [1.82, 2.24) is 4.90 Å². The van der Waals surface area contributed by atoms with Gasteiger partial charge >= 0.3 is 0 Å². The van der Waals surface area contributed by atoms with Gasteiger partial charge in [-0.3, -0.25) is 14.5 Å². The van der Waals surface area contributed by atoms with Crippen molar-refractivity contribution >= 4 is 11.8 Å². The molecule has 1 aromatic carbocycles. The van der Waals surface area contributed by atoms with Gasteiger partial charge in [0.15, 0.2) is 0 Å². The fourth-order valence-electron chi connectivity index (χ4n) is 4.05. The second kappa shape index (κ2) is 5.48. The van der Waals surface area contributed by atoms with Crippen LogP contribution in [0.4, 0.5) is 0 Å². The molecule has 22 heavy (non-hydrogen) atoms. The summed E-state index contributed by atoms with van der Waals surface area (Å²) >= 11 is 0. The molecule has 118 valence electrons. The van der Waals surface area contributed by atoms with Gasteiger partial charge in [0, 0.05) is 0 Å². The van der Waals surface area contributed by atoms with Crippen LogP contribution in [0.5, 0.6) is 0 Å². The normalized spacial score (nSPS) is 33.8. The highest BCUT2D eigenvalue weighted by Gasteiger charge is 2.63. The highest BCUT2D eigenvalue weighted by molar-refractivity contribution is 6.06. The lowest BCUT2D eigenvalue weighted by Crippen LogP contribution is -2.39. The first-order chi connectivity index (χ1) is 10.2. The summed E-state index contributed by atoms with van der Waals surface area (Å²) in [5, 5.41) is 9.71. The number of aliphatic hydroxyl groups excluding tert-OH is 1. The Morgan fingerprint density at radius 3 is 2.14 bits per heavy atom. The van der Waals surface area contributed by atoms with Crippen molar-refractivity contribution in [1.29, 1.82) is 0 Å². The summed E-state index contributed by atoms with van der Waals surface area (Å²) in [5.41, 5.74) is 0.787. The average Bonchev–Trinajstić information content (AvgIpc) is 3.18. The van der Waals surface area contributed by atoms with Crippen LogP contribution in [-0.2, 0) is 14.3 Å². The first-order valence-electron chi connectivity index (χ1n) is 7.40. The summed E-state index contributed by atoms with van der Waals surface area (Å²) in [6.45, 7) is -0.253. The molecule has 0 aliphatic carbocycles. The third-order valence-electron chi connectivity index (χ3n) is 4.99. The summed E-state index contributed by atoms with van der Waals surface area (Å²) in [5.74, 6) is -1.04. The van der Waals surface area contributed by atoms with E-state index in [4.69, 9.17) is 4.74 Å². The lowest BCUT2D eigenvalue weighted by atomic mass is 9.81. The van der Waals surface area contributed by atoms with Crippen LogP contribution in [0.1, 0.15) is 31.9 Å². The Morgan fingerprint density at radius 1 is 1.09 bits per heavy atom. The molecule has 3 heterocycles. The Balaban J connectivity index is 0.00000144. The molecule has 5 heteroatoms. The van der Waals surface area contributed by atoms with Crippen molar-refractivity contribution in [2.45, 2.75) is 38.5 Å². The molecule has 2 amide bonds. The standard InChI is InChI=1S/C16H17NO4.CH4/c18-8-10(9-4-2-1-3-5-9)17-15(19)13-11-6-7-12(21-11)14(13)16(17)20;/h1-5,10-14,18H,6-8H2;1H4/t10-,11?,12?,13-,14?;/m1./s1. The van der Waals surface area contributed by atoms with Gasteiger partial charge in [-0.2, -0.15) is 0 Å². The van der Waals surface area contributed by atoms with E-state index in [0.29, 0.717) is 0 Å². The topological polar surface area (TPSA) is 66.8 Å². The predicted octanol–water partition coefficient (Wildman–Crippen LogP) is 1.52. The van der Waals surface area contributed by atoms with Crippen LogP contribution in [0.2, 0.25) is 0 Å². The third kappa shape index (κ3) is 1.92. The van der Waals surface area contributed by atoms with E-state index in [9.17, 15) is 14.7 Å². The van der Waals surface area contributed by atoms with E-state index < -0.39 is 6.04 Å². The molecule has 5 nitrogen and oxygen atoms in total. The van der Waals surface area contributed by atoms with E-state index in [1.54, 1.807) is 0 Å². The highest BCUT2D eigenvalue weighted by atomic mass is 16.5. The van der Waals surface area contributed by atoms with E-state index in [0.717, 1.165) is 18.4 Å². The Kier molecular flexibility index (Phi) is 3.78. The number of carbonyl (C=O) groups is 2. The zero-order chi connectivity index (χ0) is 14.6. The van der Waals surface area contributed by atoms with Crippen molar-refractivity contribution in [2.75, 3.05) is 6.61 Å². The molecule has 1 aromatic rings. The van der Waals surface area contributed by atoms with Gasteiger partial charge in [-0.25, -0.2) is 0 Å². The summed E-state index contributed by atoms with van der Waals surface area (Å²) in [7, 11) is 0. The zero-order valence-corrected chi connectivity index (χ0v) is 11.5. The molecule has 4 rings (SSSR count). The number of likely N-dealkylation sites (tertiary alicyclic amines) is 1. The molecule has 0 spiro atoms. The molecule has 3 saturated heterocycles. The van der Waals surface area contributed by atoms with E-state index in [1.807, 2.05) is 30.3 Å². The maximum Gasteiger partial charge on any atom is 0.236 e. The van der Waals surface area contributed by atoms with Crippen LogP contribution < -0.4 is 0 Å². The molecule has 3 aliphatic heterocycles. The lowest BCUT2D eigenvalue weighted by molar-refractivity contribution is -0.146. The number of fused-ring (bicyclic) bond motifs is 5. The minimum atomic E-state index is -0.587. The molecule has 0 saturated carbocycles. The van der Waals surface area contributed by atoms with E-state index >= 15 is 0 Å². The summed E-state index contributed by atoms with van der Waals surface area (Å²) in [6, 6.07) is 8.64. The monoisotopic (exact) mass is 303 g/mol. The van der Waals surface area contributed by atoms with Gasteiger partial charge < -0.3 is 9.84 Å². The lowest BCUT2D eigenvalue weighted by Gasteiger charge is -2.26. The molecule has 5 atom stereocenters. The molecule has 2 bridgehead atoms. The number of aliphatic hydroxyl groups is 1. The minimum Gasteiger partial charge on any atom is -0.394 e. The van der Waals surface area contributed by atoms with Gasteiger partial charge in [-0.1, -0.05) is 37.8 Å². The zero-order valence-electron chi connectivity index (χ0n) is 11.5. The number of imide groups is 1. The van der Waals surface area contributed by atoms with Gasteiger partial charge in [0.05, 0.1) is 36.7 Å². The Hall–Kier alpha value is -1.72. The number of amides is 2. The summed E-state index contributed by atoms with van der Waals surface area (Å²) in [4.78, 5) is 26.6. The SMILES string of the molecule is C.O=C1C2C3CCC(O3)[C@H]2C(=O)N1[C@H](CO)c1ccccc1. The summed E-state index contributed by atoms with van der Waals surface area (Å²) in [6.07, 6.45) is 1.48. The molecule has 0 radical (unpaired) electrons. The Labute approximate surface area is 129 Å². The smallest absolute Gasteiger partial charge is 0.236 e. The number of nitrogens with zero attached hydrogens (tertiary/aromatic N) is 1. The molecule has 0 aromatic heterocycles. The Morgan fingerprint density at radius 2 is 1.64 bits per heavy atom. The van der Waals surface area contributed by atoms with Crippen molar-refractivity contribution in [3.8, 4) is 0 Å². The number of ether oxygens (including phenoxy) is 1. The predicted molar refractivity (Wildman–Crippen MR) is 79.7 cm³/mol. The van der Waals surface area contributed by atoms with E-state index in [1.165, 1.54) is 4.90 Å². The number of rotatable bonds is 3. The first-order valence-corrected chi connectivity index (χ1v) is 7.40. The van der Waals surface area contributed by atoms with E-state index in [2.05, 4.69) is 0 Å². The molecular weight excluding hydrogens is 282 g/mol. The van der Waals surface area contributed by atoms with Gasteiger partial charge in [-0.05, 0) is 18.4 Å². The van der Waals surface area contributed by atoms with Crippen molar-refractivity contribution < 1.29 is 19.4 Å². The second-order valence-corrected chi connectivity index (χ2v) is 6.00. The molecular formula is C17H21NO4. The number of benzene rings is 1. The molecule has 3 unspecified atom stereocenters. The molecule has 1 N–H and O–H groups in total. The van der Waals surface area contributed by atoms with Gasteiger partial charge in [0.2, 0.25) is 11.8 Å². The number of hydrogen-bond donors (Lipinski definition) is 1. The second-order valence-electron chi connectivity index (χ2n) is 6.00.